The average Bonchev–Trinajstić information content (AvgIpc) is 3.17. The minimum absolute atomic E-state index is 0.123. The number of thiophene rings is 1. The summed E-state index contributed by atoms with van der Waals surface area (Å²) in [6.45, 7) is 0.139. The molecule has 3 rings (SSSR count). The second kappa shape index (κ2) is 10.7. The van der Waals surface area contributed by atoms with Crippen molar-refractivity contribution in [3.63, 3.8) is 0 Å². The number of halogens is 3. The van der Waals surface area contributed by atoms with Gasteiger partial charge in [0.1, 0.15) is 11.8 Å². The molecule has 1 heterocycles. The van der Waals surface area contributed by atoms with Crippen LogP contribution in [0.3, 0.4) is 0 Å². The molecular weight excluding hydrogens is 457 g/mol. The molecule has 3 N–H and O–H groups in total. The van der Waals surface area contributed by atoms with Crippen molar-refractivity contribution in [1.82, 2.24) is 10.6 Å². The van der Waals surface area contributed by atoms with E-state index in [4.69, 9.17) is 5.26 Å². The Balaban J connectivity index is 1.69. The van der Waals surface area contributed by atoms with Crippen molar-refractivity contribution in [3.8, 4) is 11.8 Å². The number of rotatable bonds is 8. The Morgan fingerprint density at radius 1 is 1.12 bits per heavy atom. The third-order valence-corrected chi connectivity index (χ3v) is 5.50. The number of hydrogen-bond acceptors (Lipinski definition) is 5. The minimum atomic E-state index is -4.82. The Bertz CT molecular complexity index is 1160. The molecule has 33 heavy (non-hydrogen) atoms. The highest BCUT2D eigenvalue weighted by molar-refractivity contribution is 7.17. The van der Waals surface area contributed by atoms with E-state index in [-0.39, 0.29) is 25.1 Å². The zero-order valence-electron chi connectivity index (χ0n) is 17.1. The van der Waals surface area contributed by atoms with Crippen molar-refractivity contribution in [3.05, 3.63) is 59.5 Å². The largest absolute Gasteiger partial charge is 0.573 e. The van der Waals surface area contributed by atoms with Crippen LogP contribution in [-0.2, 0) is 11.2 Å². The SMILES string of the molecule is N#CCCNC(=O)C(Cc1csc2ccccc12)NC(=O)Nc1ccc(OC(F)(F)F)cc1. The molecule has 2 aromatic carbocycles. The summed E-state index contributed by atoms with van der Waals surface area (Å²) < 4.78 is 41.7. The molecule has 1 unspecified atom stereocenters. The van der Waals surface area contributed by atoms with E-state index in [0.29, 0.717) is 0 Å². The lowest BCUT2D eigenvalue weighted by molar-refractivity contribution is -0.274. The van der Waals surface area contributed by atoms with Gasteiger partial charge in [0.25, 0.3) is 0 Å². The van der Waals surface area contributed by atoms with Gasteiger partial charge in [-0.3, -0.25) is 4.79 Å². The summed E-state index contributed by atoms with van der Waals surface area (Å²) in [5, 5.41) is 19.3. The molecule has 3 aromatic rings. The van der Waals surface area contributed by atoms with Crippen LogP contribution >= 0.6 is 11.3 Å². The number of anilines is 1. The van der Waals surface area contributed by atoms with Crippen LogP contribution in [0, 0.1) is 11.3 Å². The molecule has 0 bridgehead atoms. The summed E-state index contributed by atoms with van der Waals surface area (Å²) in [6.07, 6.45) is -4.48. The summed E-state index contributed by atoms with van der Waals surface area (Å²) in [5.41, 5.74) is 1.09. The van der Waals surface area contributed by atoms with Gasteiger partial charge in [-0.15, -0.1) is 24.5 Å². The molecule has 0 saturated carbocycles. The molecule has 0 aliphatic carbocycles. The molecule has 0 radical (unpaired) electrons. The number of ether oxygens (including phenoxy) is 1. The van der Waals surface area contributed by atoms with E-state index in [0.717, 1.165) is 27.8 Å². The molecule has 3 amide bonds. The Morgan fingerprint density at radius 3 is 2.55 bits per heavy atom. The number of nitriles is 1. The van der Waals surface area contributed by atoms with Gasteiger partial charge in [0.15, 0.2) is 0 Å². The van der Waals surface area contributed by atoms with Gasteiger partial charge in [-0.05, 0) is 46.7 Å². The maximum atomic E-state index is 12.7. The maximum Gasteiger partial charge on any atom is 0.573 e. The second-order valence-electron chi connectivity index (χ2n) is 6.88. The third-order valence-electron chi connectivity index (χ3n) is 4.49. The zero-order valence-corrected chi connectivity index (χ0v) is 17.9. The van der Waals surface area contributed by atoms with Gasteiger partial charge >= 0.3 is 12.4 Å². The van der Waals surface area contributed by atoms with Crippen LogP contribution in [0.1, 0.15) is 12.0 Å². The van der Waals surface area contributed by atoms with Crippen LogP contribution in [0.2, 0.25) is 0 Å². The maximum absolute atomic E-state index is 12.7. The number of amides is 3. The summed E-state index contributed by atoms with van der Waals surface area (Å²) in [7, 11) is 0. The topological polar surface area (TPSA) is 103 Å². The van der Waals surface area contributed by atoms with Gasteiger partial charge in [-0.1, -0.05) is 18.2 Å². The van der Waals surface area contributed by atoms with Crippen molar-refractivity contribution in [1.29, 1.82) is 5.26 Å². The predicted molar refractivity (Wildman–Crippen MR) is 118 cm³/mol. The Morgan fingerprint density at radius 2 is 1.85 bits per heavy atom. The molecule has 1 aromatic heterocycles. The molecule has 0 saturated heterocycles. The molecule has 0 fully saturated rings. The van der Waals surface area contributed by atoms with Gasteiger partial charge < -0.3 is 20.7 Å². The van der Waals surface area contributed by atoms with Gasteiger partial charge in [0.2, 0.25) is 5.91 Å². The molecule has 0 aliphatic rings. The second-order valence-corrected chi connectivity index (χ2v) is 7.79. The molecule has 0 spiro atoms. The lowest BCUT2D eigenvalue weighted by atomic mass is 10.0. The van der Waals surface area contributed by atoms with Crippen molar-refractivity contribution in [2.75, 3.05) is 11.9 Å². The Labute approximate surface area is 191 Å². The van der Waals surface area contributed by atoms with E-state index >= 15 is 0 Å². The van der Waals surface area contributed by atoms with Gasteiger partial charge in [0.05, 0.1) is 12.5 Å². The standard InChI is InChI=1S/C22H19F3N4O3S/c23-22(24,25)32-16-8-6-15(7-9-16)28-21(31)29-18(20(30)27-11-3-10-26)12-14-13-33-19-5-2-1-4-17(14)19/h1-2,4-9,13,18H,3,11-12H2,(H,27,30)(H2,28,29,31). The fraction of sp³-hybridized carbons (Fsp3) is 0.227. The quantitative estimate of drug-likeness (QED) is 0.415. The number of fused-ring (bicyclic) bond motifs is 1. The number of carbonyl (C=O) groups is 2. The van der Waals surface area contributed by atoms with Crippen molar-refractivity contribution in [2.45, 2.75) is 25.2 Å². The zero-order chi connectivity index (χ0) is 23.8. The number of urea groups is 1. The molecular formula is C22H19F3N4O3S. The monoisotopic (exact) mass is 476 g/mol. The van der Waals surface area contributed by atoms with Crippen LogP contribution in [0.5, 0.6) is 5.75 Å². The summed E-state index contributed by atoms with van der Waals surface area (Å²) >= 11 is 1.52. The van der Waals surface area contributed by atoms with E-state index in [2.05, 4.69) is 20.7 Å². The van der Waals surface area contributed by atoms with E-state index in [1.807, 2.05) is 35.7 Å². The lowest BCUT2D eigenvalue weighted by Gasteiger charge is -2.19. The number of carbonyl (C=O) groups excluding carboxylic acids is 2. The third kappa shape index (κ3) is 7.11. The predicted octanol–water partition coefficient (Wildman–Crippen LogP) is 4.56. The summed E-state index contributed by atoms with van der Waals surface area (Å²) in [4.78, 5) is 25.2. The minimum Gasteiger partial charge on any atom is -0.406 e. The van der Waals surface area contributed by atoms with E-state index < -0.39 is 30.1 Å². The lowest BCUT2D eigenvalue weighted by Crippen LogP contribution is -2.49. The first-order valence-electron chi connectivity index (χ1n) is 9.78. The Hall–Kier alpha value is -3.78. The van der Waals surface area contributed by atoms with Crippen molar-refractivity contribution >= 4 is 39.0 Å². The molecule has 11 heteroatoms. The first-order chi connectivity index (χ1) is 15.7. The van der Waals surface area contributed by atoms with E-state index in [1.165, 1.54) is 23.5 Å². The van der Waals surface area contributed by atoms with Crippen LogP contribution < -0.4 is 20.7 Å². The Kier molecular flexibility index (Phi) is 7.74. The normalized spacial score (nSPS) is 11.9. The number of hydrogen-bond donors (Lipinski definition) is 3. The van der Waals surface area contributed by atoms with Gasteiger partial charge in [-0.2, -0.15) is 5.26 Å². The summed E-state index contributed by atoms with van der Waals surface area (Å²) in [5.74, 6) is -0.878. The smallest absolute Gasteiger partial charge is 0.406 e. The van der Waals surface area contributed by atoms with Gasteiger partial charge in [-0.25, -0.2) is 4.79 Å². The molecule has 1 atom stereocenters. The number of alkyl halides is 3. The fourth-order valence-corrected chi connectivity index (χ4v) is 4.03. The molecule has 7 nitrogen and oxygen atoms in total. The van der Waals surface area contributed by atoms with Crippen molar-refractivity contribution < 1.29 is 27.5 Å². The number of benzene rings is 2. The van der Waals surface area contributed by atoms with Crippen molar-refractivity contribution in [2.24, 2.45) is 0 Å². The van der Waals surface area contributed by atoms with Crippen LogP contribution in [0.4, 0.5) is 23.7 Å². The highest BCUT2D eigenvalue weighted by atomic mass is 32.1. The van der Waals surface area contributed by atoms with Crippen LogP contribution in [-0.4, -0.2) is 30.9 Å². The molecule has 0 aliphatic heterocycles. The molecule has 172 valence electrons. The first kappa shape index (κ1) is 23.9. The first-order valence-corrected chi connectivity index (χ1v) is 10.7. The van der Waals surface area contributed by atoms with Crippen LogP contribution in [0.15, 0.2) is 53.9 Å². The summed E-state index contributed by atoms with van der Waals surface area (Å²) in [6, 6.07) is 12.6. The highest BCUT2D eigenvalue weighted by Gasteiger charge is 2.31. The average molecular weight is 476 g/mol. The van der Waals surface area contributed by atoms with Crippen LogP contribution in [0.25, 0.3) is 10.1 Å². The number of nitrogens with zero attached hydrogens (tertiary/aromatic N) is 1. The fourth-order valence-electron chi connectivity index (χ4n) is 3.05. The number of nitrogens with one attached hydrogen (secondary N) is 3. The van der Waals surface area contributed by atoms with E-state index in [1.54, 1.807) is 0 Å². The highest BCUT2D eigenvalue weighted by Crippen LogP contribution is 2.27. The van der Waals surface area contributed by atoms with E-state index in [9.17, 15) is 22.8 Å². The van der Waals surface area contributed by atoms with Gasteiger partial charge in [0, 0.05) is 23.4 Å².